The van der Waals surface area contributed by atoms with Gasteiger partial charge in [0.15, 0.2) is 0 Å². The van der Waals surface area contributed by atoms with Crippen molar-refractivity contribution in [2.24, 2.45) is 0 Å². The van der Waals surface area contributed by atoms with Crippen LogP contribution in [0.4, 0.5) is 0 Å². The Hall–Kier alpha value is -5.79. The molecule has 10 rings (SSSR count). The molecule has 0 radical (unpaired) electrons. The molecule has 0 aliphatic heterocycles. The average Bonchev–Trinajstić information content (AvgIpc) is 3.95. The van der Waals surface area contributed by atoms with Crippen LogP contribution in [0.15, 0.2) is 164 Å². The first kappa shape index (κ1) is 30.1. The van der Waals surface area contributed by atoms with Gasteiger partial charge in [-0.05, 0) is 69.8 Å². The smallest absolute Gasteiger partial charge is 0.124 e. The van der Waals surface area contributed by atoms with Crippen LogP contribution >= 0.6 is 34.0 Å². The van der Waals surface area contributed by atoms with Crippen molar-refractivity contribution in [1.29, 1.82) is 0 Å². The number of rotatable bonds is 6. The molecule has 0 spiro atoms. The number of hydrogen-bond donors (Lipinski definition) is 0. The average molecular weight is 706 g/mol. The van der Waals surface area contributed by atoms with Crippen LogP contribution in [0.3, 0.4) is 0 Å². The molecule has 0 aliphatic carbocycles. The summed E-state index contributed by atoms with van der Waals surface area (Å²) in [5.74, 6) is 0. The van der Waals surface area contributed by atoms with Crippen LogP contribution in [-0.4, -0.2) is 15.0 Å². The molecule has 6 heteroatoms. The van der Waals surface area contributed by atoms with Crippen molar-refractivity contribution in [3.05, 3.63) is 164 Å². The summed E-state index contributed by atoms with van der Waals surface area (Å²) in [5, 5.41) is 3.11. The lowest BCUT2D eigenvalue weighted by Gasteiger charge is -2.17. The third-order valence-electron chi connectivity index (χ3n) is 9.25. The summed E-state index contributed by atoms with van der Waals surface area (Å²) in [6.07, 6.45) is 0. The van der Waals surface area contributed by atoms with E-state index in [9.17, 15) is 0 Å². The quantitative estimate of drug-likeness (QED) is 0.173. The lowest BCUT2D eigenvalue weighted by molar-refractivity contribution is 1.47. The molecule has 10 aromatic rings. The van der Waals surface area contributed by atoms with E-state index in [4.69, 9.17) is 15.0 Å². The number of aromatic nitrogens is 3. The molecule has 0 amide bonds. The molecule has 7 aromatic carbocycles. The van der Waals surface area contributed by atoms with E-state index in [2.05, 4.69) is 146 Å². The molecule has 3 heterocycles. The number of thiazole rings is 3. The van der Waals surface area contributed by atoms with Crippen LogP contribution in [0.25, 0.3) is 95.7 Å². The number of benzene rings is 7. The van der Waals surface area contributed by atoms with Gasteiger partial charge in [0.1, 0.15) is 15.0 Å². The fraction of sp³-hybridized carbons (Fsp3) is 0. The van der Waals surface area contributed by atoms with E-state index < -0.39 is 0 Å². The number of hydrogen-bond acceptors (Lipinski definition) is 6. The van der Waals surface area contributed by atoms with Crippen LogP contribution in [-0.2, 0) is 0 Å². The van der Waals surface area contributed by atoms with Gasteiger partial charge in [-0.15, -0.1) is 34.0 Å². The number of fused-ring (bicyclic) bond motifs is 3. The first-order valence-electron chi connectivity index (χ1n) is 16.8. The molecule has 240 valence electrons. The summed E-state index contributed by atoms with van der Waals surface area (Å²) in [6.45, 7) is 0. The highest BCUT2D eigenvalue weighted by atomic mass is 32.1. The Labute approximate surface area is 306 Å². The normalized spacial score (nSPS) is 11.5. The molecule has 3 aromatic heterocycles. The molecule has 0 N–H and O–H groups in total. The molecule has 3 nitrogen and oxygen atoms in total. The van der Waals surface area contributed by atoms with Crippen LogP contribution in [0, 0.1) is 0 Å². The summed E-state index contributed by atoms with van der Waals surface area (Å²) in [7, 11) is 0. The fourth-order valence-electron chi connectivity index (χ4n) is 6.70. The second-order valence-electron chi connectivity index (χ2n) is 12.4. The molecule has 0 saturated heterocycles. The van der Waals surface area contributed by atoms with E-state index in [0.29, 0.717) is 0 Å². The molecule has 0 saturated carbocycles. The highest BCUT2D eigenvalue weighted by Gasteiger charge is 2.17. The third-order valence-corrected chi connectivity index (χ3v) is 12.5. The zero-order chi connectivity index (χ0) is 33.7. The van der Waals surface area contributed by atoms with Crippen LogP contribution in [0.1, 0.15) is 0 Å². The van der Waals surface area contributed by atoms with E-state index in [1.165, 1.54) is 30.8 Å². The van der Waals surface area contributed by atoms with E-state index in [1.54, 1.807) is 34.0 Å². The van der Waals surface area contributed by atoms with Crippen LogP contribution in [0.2, 0.25) is 0 Å². The zero-order valence-electron chi connectivity index (χ0n) is 27.2. The SMILES string of the molecule is c1cc(-c2ccc(-c3nc4ccccc4s3)cc2)c(-c2ccc(-c3nc4ccccc4s3)cc2)c(-c2ccc(-c3nc4ccccc4s3)cc2)c1. The van der Waals surface area contributed by atoms with E-state index in [1.807, 2.05) is 18.2 Å². The van der Waals surface area contributed by atoms with Crippen molar-refractivity contribution in [2.45, 2.75) is 0 Å². The van der Waals surface area contributed by atoms with Gasteiger partial charge in [0.25, 0.3) is 0 Å². The predicted molar refractivity (Wildman–Crippen MR) is 219 cm³/mol. The summed E-state index contributed by atoms with van der Waals surface area (Å²) >= 11 is 5.20. The Balaban J connectivity index is 1.07. The first-order valence-corrected chi connectivity index (χ1v) is 19.2. The maximum Gasteiger partial charge on any atom is 0.124 e. The van der Waals surface area contributed by atoms with Crippen LogP contribution < -0.4 is 0 Å². The molecule has 51 heavy (non-hydrogen) atoms. The van der Waals surface area contributed by atoms with E-state index >= 15 is 0 Å². The second-order valence-corrected chi connectivity index (χ2v) is 15.5. The summed E-state index contributed by atoms with van der Waals surface area (Å²) in [5.41, 5.74) is 13.6. The number of para-hydroxylation sites is 3. The van der Waals surface area contributed by atoms with Gasteiger partial charge in [0.2, 0.25) is 0 Å². The number of nitrogens with zero attached hydrogens (tertiary/aromatic N) is 3. The van der Waals surface area contributed by atoms with Gasteiger partial charge in [0.05, 0.1) is 30.6 Å². The monoisotopic (exact) mass is 705 g/mol. The molecule has 0 unspecified atom stereocenters. The molecular weight excluding hydrogens is 679 g/mol. The first-order chi connectivity index (χ1) is 25.2. The molecule has 0 atom stereocenters. The molecular formula is C45H27N3S3. The van der Waals surface area contributed by atoms with Crippen molar-refractivity contribution in [2.75, 3.05) is 0 Å². The minimum Gasteiger partial charge on any atom is -0.236 e. The Morgan fingerprint density at radius 1 is 0.275 bits per heavy atom. The van der Waals surface area contributed by atoms with Gasteiger partial charge >= 0.3 is 0 Å². The Kier molecular flexibility index (Phi) is 7.38. The second kappa shape index (κ2) is 12.5. The fourth-order valence-corrected chi connectivity index (χ4v) is 9.61. The lowest BCUT2D eigenvalue weighted by atomic mass is 9.87. The van der Waals surface area contributed by atoms with Crippen molar-refractivity contribution < 1.29 is 0 Å². The largest absolute Gasteiger partial charge is 0.236 e. The third kappa shape index (κ3) is 5.54. The maximum atomic E-state index is 4.92. The topological polar surface area (TPSA) is 38.7 Å². The van der Waals surface area contributed by atoms with Gasteiger partial charge in [-0.25, -0.2) is 15.0 Å². The van der Waals surface area contributed by atoms with Gasteiger partial charge in [-0.2, -0.15) is 0 Å². The Bertz CT molecular complexity index is 2610. The minimum atomic E-state index is 1.03. The molecule has 0 fully saturated rings. The summed E-state index contributed by atoms with van der Waals surface area (Å²) < 4.78 is 3.61. The molecule has 0 aliphatic rings. The predicted octanol–water partition coefficient (Wildman–Crippen LogP) is 13.5. The van der Waals surface area contributed by atoms with Gasteiger partial charge in [0, 0.05) is 16.7 Å². The van der Waals surface area contributed by atoms with Crippen molar-refractivity contribution in [3.8, 4) is 65.1 Å². The van der Waals surface area contributed by atoms with Crippen molar-refractivity contribution >= 4 is 64.7 Å². The van der Waals surface area contributed by atoms with E-state index in [0.717, 1.165) is 65.0 Å². The maximum absolute atomic E-state index is 4.92. The highest BCUT2D eigenvalue weighted by Crippen LogP contribution is 2.43. The van der Waals surface area contributed by atoms with Crippen molar-refractivity contribution in [1.82, 2.24) is 15.0 Å². The van der Waals surface area contributed by atoms with Gasteiger partial charge in [-0.1, -0.05) is 127 Å². The lowest BCUT2D eigenvalue weighted by Crippen LogP contribution is -1.91. The standard InChI is InChI=1S/C45H27N3S3/c1-4-13-39-36(10-1)46-43(49-39)31-22-16-28(17-23-31)34-8-7-9-35(29-18-24-32(25-19-29)44-47-37-11-2-5-14-40(37)50-44)42(34)30-20-26-33(27-21-30)45-48-38-12-3-6-15-41(38)51-45/h1-27H. The van der Waals surface area contributed by atoms with Gasteiger partial charge in [-0.3, -0.25) is 0 Å². The Morgan fingerprint density at radius 3 is 0.941 bits per heavy atom. The van der Waals surface area contributed by atoms with Crippen molar-refractivity contribution in [3.63, 3.8) is 0 Å². The summed E-state index contributed by atoms with van der Waals surface area (Å²) in [6, 6.07) is 58.3. The van der Waals surface area contributed by atoms with Gasteiger partial charge < -0.3 is 0 Å². The highest BCUT2D eigenvalue weighted by molar-refractivity contribution is 7.22. The zero-order valence-corrected chi connectivity index (χ0v) is 29.6. The molecule has 0 bridgehead atoms. The minimum absolute atomic E-state index is 1.03. The van der Waals surface area contributed by atoms with Crippen LogP contribution in [0.5, 0.6) is 0 Å². The van der Waals surface area contributed by atoms with E-state index in [-0.39, 0.29) is 0 Å². The summed E-state index contributed by atoms with van der Waals surface area (Å²) in [4.78, 5) is 14.7. The Morgan fingerprint density at radius 2 is 0.588 bits per heavy atom.